The molecule has 0 fully saturated rings. The van der Waals surface area contributed by atoms with Crippen molar-refractivity contribution < 1.29 is 13.2 Å². The monoisotopic (exact) mass is 359 g/mol. The lowest BCUT2D eigenvalue weighted by Crippen LogP contribution is -2.31. The summed E-state index contributed by atoms with van der Waals surface area (Å²) in [6, 6.07) is 14.4. The van der Waals surface area contributed by atoms with Gasteiger partial charge in [-0.25, -0.2) is 13.6 Å². The van der Waals surface area contributed by atoms with Gasteiger partial charge >= 0.3 is 0 Å². The van der Waals surface area contributed by atoms with Crippen LogP contribution in [0.2, 0.25) is 0 Å². The number of nitrogens with two attached hydrogens (primary N) is 1. The number of anilines is 2. The highest BCUT2D eigenvalue weighted by Gasteiger charge is 2.24. The molecule has 2 aromatic rings. The zero-order valence-electron chi connectivity index (χ0n) is 14.1. The summed E-state index contributed by atoms with van der Waals surface area (Å²) in [5, 5.41) is 5.11. The summed E-state index contributed by atoms with van der Waals surface area (Å²) in [5.41, 5.74) is 2.84. The van der Waals surface area contributed by atoms with Crippen LogP contribution in [0.25, 0.3) is 0 Å². The first kappa shape index (κ1) is 17.4. The maximum absolute atomic E-state index is 13.1. The van der Waals surface area contributed by atoms with Gasteiger partial charge in [0.1, 0.15) is 0 Å². The van der Waals surface area contributed by atoms with Crippen LogP contribution in [0.5, 0.6) is 0 Å². The Bertz CT molecular complexity index is 896. The van der Waals surface area contributed by atoms with Gasteiger partial charge in [0.25, 0.3) is 5.91 Å². The predicted molar refractivity (Wildman–Crippen MR) is 99.3 cm³/mol. The first-order valence-electron chi connectivity index (χ1n) is 8.06. The average Bonchev–Trinajstić information content (AvgIpc) is 2.72. The van der Waals surface area contributed by atoms with Crippen LogP contribution in [0.15, 0.2) is 48.5 Å². The molecule has 0 aliphatic carbocycles. The minimum atomic E-state index is -3.64. The number of benzene rings is 2. The van der Waals surface area contributed by atoms with Gasteiger partial charge in [0.05, 0.1) is 17.1 Å². The van der Waals surface area contributed by atoms with Gasteiger partial charge in [0.2, 0.25) is 10.0 Å². The van der Waals surface area contributed by atoms with Crippen LogP contribution in [0.4, 0.5) is 11.4 Å². The van der Waals surface area contributed by atoms with Crippen molar-refractivity contribution in [3.8, 4) is 0 Å². The molecule has 7 heteroatoms. The minimum absolute atomic E-state index is 0.140. The number of amides is 1. The van der Waals surface area contributed by atoms with E-state index in [2.05, 4.69) is 4.90 Å². The van der Waals surface area contributed by atoms with Crippen LogP contribution in [0.1, 0.15) is 22.3 Å². The van der Waals surface area contributed by atoms with Crippen LogP contribution in [0.3, 0.4) is 0 Å². The summed E-state index contributed by atoms with van der Waals surface area (Å²) in [5.74, 6) is -0.424. The topological polar surface area (TPSA) is 83.7 Å². The summed E-state index contributed by atoms with van der Waals surface area (Å²) in [4.78, 5) is 17.0. The predicted octanol–water partition coefficient (Wildman–Crippen LogP) is 1.96. The van der Waals surface area contributed by atoms with Gasteiger partial charge in [-0.15, -0.1) is 0 Å². The van der Waals surface area contributed by atoms with Gasteiger partial charge in [0.15, 0.2) is 0 Å². The molecule has 0 bridgehead atoms. The number of para-hydroxylation sites is 2. The van der Waals surface area contributed by atoms with Crippen molar-refractivity contribution in [2.75, 3.05) is 29.9 Å². The molecule has 25 heavy (non-hydrogen) atoms. The number of carbonyl (C=O) groups is 1. The quantitative estimate of drug-likeness (QED) is 0.908. The molecule has 1 aliphatic heterocycles. The van der Waals surface area contributed by atoms with E-state index >= 15 is 0 Å². The maximum Gasteiger partial charge on any atom is 0.258 e. The molecule has 1 aliphatic rings. The Kier molecular flexibility index (Phi) is 4.78. The molecular weight excluding hydrogens is 338 g/mol. The number of nitrogens with zero attached hydrogens (tertiary/aromatic N) is 2. The lowest BCUT2D eigenvalue weighted by molar-refractivity contribution is 0.0987. The molecule has 0 atom stereocenters. The third kappa shape index (κ3) is 4.00. The van der Waals surface area contributed by atoms with Crippen molar-refractivity contribution in [1.82, 2.24) is 0 Å². The van der Waals surface area contributed by atoms with Crippen LogP contribution in [-0.2, 0) is 15.8 Å². The van der Waals surface area contributed by atoms with Crippen molar-refractivity contribution in [2.45, 2.75) is 12.2 Å². The molecule has 2 N–H and O–H groups in total. The Morgan fingerprint density at radius 1 is 1.08 bits per heavy atom. The number of rotatable bonds is 3. The van der Waals surface area contributed by atoms with Crippen molar-refractivity contribution in [3.63, 3.8) is 0 Å². The fraction of sp³-hybridized carbons (Fsp3) is 0.278. The van der Waals surface area contributed by atoms with Crippen LogP contribution < -0.4 is 14.9 Å². The first-order valence-corrected chi connectivity index (χ1v) is 9.78. The maximum atomic E-state index is 13.1. The summed E-state index contributed by atoms with van der Waals surface area (Å²) >= 11 is 0. The minimum Gasteiger partial charge on any atom is -0.373 e. The molecule has 1 amide bonds. The Hall–Kier alpha value is -2.38. The van der Waals surface area contributed by atoms with E-state index in [1.807, 2.05) is 31.3 Å². The molecular formula is C18H21N3O3S. The Balaban J connectivity index is 1.95. The molecule has 0 saturated heterocycles. The summed E-state index contributed by atoms with van der Waals surface area (Å²) in [6.45, 7) is 1.48. The van der Waals surface area contributed by atoms with Gasteiger partial charge in [-0.2, -0.15) is 0 Å². The second-order valence-corrected chi connectivity index (χ2v) is 7.84. The number of hydrogen-bond acceptors (Lipinski definition) is 4. The zero-order valence-corrected chi connectivity index (χ0v) is 14.9. The van der Waals surface area contributed by atoms with Crippen molar-refractivity contribution in [1.29, 1.82) is 0 Å². The van der Waals surface area contributed by atoms with E-state index in [0.717, 1.165) is 24.3 Å². The molecule has 0 aromatic heterocycles. The Morgan fingerprint density at radius 3 is 2.52 bits per heavy atom. The lowest BCUT2D eigenvalue weighted by atomic mass is 10.1. The lowest BCUT2D eigenvalue weighted by Gasteiger charge is -2.24. The summed E-state index contributed by atoms with van der Waals surface area (Å²) in [7, 11) is -1.62. The van der Waals surface area contributed by atoms with E-state index in [0.29, 0.717) is 17.7 Å². The van der Waals surface area contributed by atoms with E-state index in [9.17, 15) is 13.2 Å². The Labute approximate surface area is 147 Å². The van der Waals surface area contributed by atoms with Crippen molar-refractivity contribution in [3.05, 3.63) is 59.7 Å². The fourth-order valence-corrected chi connectivity index (χ4v) is 3.76. The molecule has 2 aromatic carbocycles. The first-order chi connectivity index (χ1) is 11.8. The Morgan fingerprint density at radius 2 is 1.80 bits per heavy atom. The summed E-state index contributed by atoms with van der Waals surface area (Å²) in [6.07, 6.45) is 0.855. The number of carbonyl (C=O) groups excluding carboxylic acids is 1. The SMILES string of the molecule is CN1CCCN(C(=O)c2cccc(CS(N)(=O)=O)c2)c2ccccc21. The van der Waals surface area contributed by atoms with Gasteiger partial charge < -0.3 is 9.80 Å². The molecule has 6 nitrogen and oxygen atoms in total. The molecule has 0 saturated carbocycles. The number of primary sulfonamides is 1. The number of hydrogen-bond donors (Lipinski definition) is 1. The molecule has 3 rings (SSSR count). The van der Waals surface area contributed by atoms with Gasteiger partial charge in [-0.05, 0) is 36.2 Å². The number of fused-ring (bicyclic) bond motifs is 1. The van der Waals surface area contributed by atoms with Gasteiger partial charge in [-0.1, -0.05) is 24.3 Å². The molecule has 0 unspecified atom stereocenters. The smallest absolute Gasteiger partial charge is 0.258 e. The average molecular weight is 359 g/mol. The van der Waals surface area contributed by atoms with Crippen LogP contribution in [-0.4, -0.2) is 34.5 Å². The number of sulfonamides is 1. The van der Waals surface area contributed by atoms with Crippen molar-refractivity contribution in [2.24, 2.45) is 5.14 Å². The normalized spacial score (nSPS) is 14.8. The highest BCUT2D eigenvalue weighted by molar-refractivity contribution is 7.88. The van der Waals surface area contributed by atoms with Crippen molar-refractivity contribution >= 4 is 27.3 Å². The summed E-state index contributed by atoms with van der Waals surface area (Å²) < 4.78 is 22.6. The fourth-order valence-electron chi connectivity index (χ4n) is 3.12. The highest BCUT2D eigenvalue weighted by Crippen LogP contribution is 2.32. The van der Waals surface area contributed by atoms with E-state index in [1.54, 1.807) is 29.2 Å². The van der Waals surface area contributed by atoms with E-state index in [-0.39, 0.29) is 11.7 Å². The molecule has 132 valence electrons. The second kappa shape index (κ2) is 6.85. The van der Waals surface area contributed by atoms with Crippen LogP contribution >= 0.6 is 0 Å². The molecule has 0 spiro atoms. The van der Waals surface area contributed by atoms with E-state index in [1.165, 1.54) is 0 Å². The third-order valence-corrected chi connectivity index (χ3v) is 4.98. The second-order valence-electron chi connectivity index (χ2n) is 6.23. The van der Waals surface area contributed by atoms with E-state index < -0.39 is 10.0 Å². The molecule has 1 heterocycles. The van der Waals surface area contributed by atoms with Gasteiger partial charge in [-0.3, -0.25) is 4.79 Å². The standard InChI is InChI=1S/C18H21N3O3S/c1-20-10-5-11-21(17-9-3-2-8-16(17)20)18(22)15-7-4-6-14(12-15)13-25(19,23)24/h2-4,6-9,12H,5,10-11,13H2,1H3,(H2,19,23,24). The van der Waals surface area contributed by atoms with E-state index in [4.69, 9.17) is 5.14 Å². The highest BCUT2D eigenvalue weighted by atomic mass is 32.2. The largest absolute Gasteiger partial charge is 0.373 e. The zero-order chi connectivity index (χ0) is 18.0. The van der Waals surface area contributed by atoms with Gasteiger partial charge in [0, 0.05) is 25.7 Å². The third-order valence-electron chi connectivity index (χ3n) is 4.25. The molecule has 0 radical (unpaired) electrons. The van der Waals surface area contributed by atoms with Crippen LogP contribution in [0, 0.1) is 0 Å².